The highest BCUT2D eigenvalue weighted by atomic mass is 32.2. The molecule has 1 aliphatic rings. The Hall–Kier alpha value is -1.29. The number of carbonyl (C=O) groups is 1. The summed E-state index contributed by atoms with van der Waals surface area (Å²) in [5, 5.41) is 13.7. The van der Waals surface area contributed by atoms with Crippen molar-refractivity contribution in [1.82, 2.24) is 0 Å². The number of amides is 1. The summed E-state index contributed by atoms with van der Waals surface area (Å²) in [6.07, 6.45) is 0.837. The first-order chi connectivity index (χ1) is 9.29. The van der Waals surface area contributed by atoms with Crippen LogP contribution in [0.1, 0.15) is 12.0 Å². The van der Waals surface area contributed by atoms with E-state index >= 15 is 0 Å². The predicted molar refractivity (Wildman–Crippen MR) is 80.0 cm³/mol. The Bertz CT molecular complexity index is 627. The molecule has 96 valence electrons. The number of thiophene rings is 2. The van der Waals surface area contributed by atoms with E-state index in [2.05, 4.69) is 6.07 Å². The lowest BCUT2D eigenvalue weighted by Gasteiger charge is -2.14. The van der Waals surface area contributed by atoms with Gasteiger partial charge in [-0.15, -0.1) is 34.4 Å². The van der Waals surface area contributed by atoms with Gasteiger partial charge in [0.05, 0.1) is 15.0 Å². The third kappa shape index (κ3) is 2.41. The van der Waals surface area contributed by atoms with Crippen molar-refractivity contribution >= 4 is 45.3 Å². The number of nitriles is 1. The number of carbonyl (C=O) groups excluding carboxylic acids is 1. The van der Waals surface area contributed by atoms with Gasteiger partial charge >= 0.3 is 0 Å². The number of thioether (sulfide) groups is 1. The summed E-state index contributed by atoms with van der Waals surface area (Å²) in [6, 6.07) is 7.95. The molecule has 0 spiro atoms. The van der Waals surface area contributed by atoms with Gasteiger partial charge in [0.2, 0.25) is 5.91 Å². The van der Waals surface area contributed by atoms with E-state index in [1.54, 1.807) is 34.1 Å². The van der Waals surface area contributed by atoms with Crippen molar-refractivity contribution in [3.63, 3.8) is 0 Å². The van der Waals surface area contributed by atoms with Crippen molar-refractivity contribution < 1.29 is 4.79 Å². The van der Waals surface area contributed by atoms with Gasteiger partial charge in [0, 0.05) is 6.54 Å². The zero-order valence-corrected chi connectivity index (χ0v) is 12.4. The molecule has 3 heterocycles. The standard InChI is InChI=1S/C13H10N2OS3/c14-8-9-4-7-18-13(9)15-5-3-10(12(15)16)19-11-2-1-6-17-11/h1-2,4,6-7,10H,3,5H2/t10-/m1/s1. The van der Waals surface area contributed by atoms with Gasteiger partial charge in [-0.1, -0.05) is 6.07 Å². The van der Waals surface area contributed by atoms with Crippen LogP contribution in [0.2, 0.25) is 0 Å². The number of nitrogens with zero attached hydrogens (tertiary/aromatic N) is 2. The molecule has 0 saturated carbocycles. The fraction of sp³-hybridized carbons (Fsp3) is 0.231. The van der Waals surface area contributed by atoms with E-state index in [1.165, 1.54) is 15.5 Å². The van der Waals surface area contributed by atoms with Crippen molar-refractivity contribution in [2.45, 2.75) is 15.9 Å². The van der Waals surface area contributed by atoms with Crippen LogP contribution >= 0.6 is 34.4 Å². The average molecular weight is 306 g/mol. The van der Waals surface area contributed by atoms with Crippen LogP contribution in [-0.2, 0) is 4.79 Å². The zero-order valence-electron chi connectivity index (χ0n) is 9.91. The molecule has 3 rings (SSSR count). The summed E-state index contributed by atoms with van der Waals surface area (Å²) in [6.45, 7) is 0.705. The molecule has 1 saturated heterocycles. The highest BCUT2D eigenvalue weighted by molar-refractivity contribution is 8.02. The molecule has 0 unspecified atom stereocenters. The van der Waals surface area contributed by atoms with E-state index in [9.17, 15) is 4.79 Å². The first-order valence-electron chi connectivity index (χ1n) is 5.78. The van der Waals surface area contributed by atoms with Gasteiger partial charge < -0.3 is 4.90 Å². The fourth-order valence-corrected chi connectivity index (χ4v) is 4.99. The van der Waals surface area contributed by atoms with E-state index in [0.29, 0.717) is 12.1 Å². The second kappa shape index (κ2) is 5.37. The fourth-order valence-electron chi connectivity index (χ4n) is 2.03. The van der Waals surface area contributed by atoms with Crippen molar-refractivity contribution in [3.8, 4) is 6.07 Å². The molecule has 0 aromatic carbocycles. The van der Waals surface area contributed by atoms with Gasteiger partial charge in [-0.2, -0.15) is 5.26 Å². The molecule has 6 heteroatoms. The lowest BCUT2D eigenvalue weighted by Crippen LogP contribution is -2.27. The maximum absolute atomic E-state index is 12.4. The number of hydrogen-bond donors (Lipinski definition) is 0. The van der Waals surface area contributed by atoms with Crippen LogP contribution in [0.15, 0.2) is 33.2 Å². The number of rotatable bonds is 3. The number of hydrogen-bond acceptors (Lipinski definition) is 5. The second-order valence-electron chi connectivity index (χ2n) is 4.07. The summed E-state index contributed by atoms with van der Waals surface area (Å²) in [5.74, 6) is 0.123. The molecular formula is C13H10N2OS3. The molecule has 0 bridgehead atoms. The summed E-state index contributed by atoms with van der Waals surface area (Å²) in [5.41, 5.74) is 0.597. The third-order valence-electron chi connectivity index (χ3n) is 2.92. The Kier molecular flexibility index (Phi) is 3.60. The monoisotopic (exact) mass is 306 g/mol. The quantitative estimate of drug-likeness (QED) is 0.870. The van der Waals surface area contributed by atoms with Crippen LogP contribution in [0.3, 0.4) is 0 Å². The van der Waals surface area contributed by atoms with Crippen molar-refractivity contribution in [2.75, 3.05) is 11.4 Å². The van der Waals surface area contributed by atoms with E-state index in [4.69, 9.17) is 5.26 Å². The first-order valence-corrected chi connectivity index (χ1v) is 8.42. The van der Waals surface area contributed by atoms with Crippen LogP contribution in [0.25, 0.3) is 0 Å². The molecule has 1 atom stereocenters. The Morgan fingerprint density at radius 2 is 2.26 bits per heavy atom. The maximum Gasteiger partial charge on any atom is 0.241 e. The smallest absolute Gasteiger partial charge is 0.241 e. The van der Waals surface area contributed by atoms with Crippen LogP contribution in [-0.4, -0.2) is 17.7 Å². The lowest BCUT2D eigenvalue weighted by atomic mass is 10.3. The Morgan fingerprint density at radius 1 is 1.37 bits per heavy atom. The van der Waals surface area contributed by atoms with Crippen LogP contribution in [0, 0.1) is 11.3 Å². The molecule has 1 amide bonds. The maximum atomic E-state index is 12.4. The van der Waals surface area contributed by atoms with Gasteiger partial charge in [0.15, 0.2) is 0 Å². The molecule has 0 N–H and O–H groups in total. The Morgan fingerprint density at radius 3 is 3.00 bits per heavy atom. The molecule has 2 aromatic rings. The highest BCUT2D eigenvalue weighted by Crippen LogP contribution is 2.37. The minimum atomic E-state index is -0.0210. The normalized spacial score (nSPS) is 18.8. The summed E-state index contributed by atoms with van der Waals surface area (Å²) < 4.78 is 1.17. The minimum Gasteiger partial charge on any atom is -0.302 e. The molecule has 3 nitrogen and oxygen atoms in total. The summed E-state index contributed by atoms with van der Waals surface area (Å²) >= 11 is 4.75. The van der Waals surface area contributed by atoms with E-state index in [0.717, 1.165) is 11.4 Å². The van der Waals surface area contributed by atoms with Gasteiger partial charge in [0.1, 0.15) is 11.1 Å². The molecule has 0 radical (unpaired) electrons. The largest absolute Gasteiger partial charge is 0.302 e. The molecular weight excluding hydrogens is 296 g/mol. The third-order valence-corrected chi connectivity index (χ3v) is 6.19. The van der Waals surface area contributed by atoms with Gasteiger partial charge in [-0.25, -0.2) is 0 Å². The van der Waals surface area contributed by atoms with Crippen molar-refractivity contribution in [2.24, 2.45) is 0 Å². The molecule has 1 fully saturated rings. The summed E-state index contributed by atoms with van der Waals surface area (Å²) in [7, 11) is 0. The summed E-state index contributed by atoms with van der Waals surface area (Å²) in [4.78, 5) is 14.2. The lowest BCUT2D eigenvalue weighted by molar-refractivity contribution is -0.116. The molecule has 1 aliphatic heterocycles. The predicted octanol–water partition coefficient (Wildman–Crippen LogP) is 3.58. The van der Waals surface area contributed by atoms with Crippen molar-refractivity contribution in [1.29, 1.82) is 5.26 Å². The van der Waals surface area contributed by atoms with Gasteiger partial charge in [0.25, 0.3) is 0 Å². The van der Waals surface area contributed by atoms with Gasteiger partial charge in [-0.05, 0) is 29.3 Å². The Labute approximate surface area is 123 Å². The average Bonchev–Trinajstić information content (AvgIpc) is 3.12. The molecule has 0 aliphatic carbocycles. The highest BCUT2D eigenvalue weighted by Gasteiger charge is 2.35. The Balaban J connectivity index is 1.77. The van der Waals surface area contributed by atoms with E-state index in [1.807, 2.05) is 22.9 Å². The number of anilines is 1. The zero-order chi connectivity index (χ0) is 13.2. The SMILES string of the molecule is N#Cc1ccsc1N1CC[C@@H](Sc2cccs2)C1=O. The van der Waals surface area contributed by atoms with E-state index < -0.39 is 0 Å². The van der Waals surface area contributed by atoms with Gasteiger partial charge in [-0.3, -0.25) is 4.79 Å². The molecule has 19 heavy (non-hydrogen) atoms. The van der Waals surface area contributed by atoms with Crippen LogP contribution in [0.4, 0.5) is 5.00 Å². The van der Waals surface area contributed by atoms with Crippen molar-refractivity contribution in [3.05, 3.63) is 34.5 Å². The molecule has 2 aromatic heterocycles. The first kappa shape index (κ1) is 12.7. The van der Waals surface area contributed by atoms with E-state index in [-0.39, 0.29) is 11.2 Å². The second-order valence-corrected chi connectivity index (χ2v) is 7.41. The van der Waals surface area contributed by atoms with Crippen LogP contribution < -0.4 is 4.90 Å². The topological polar surface area (TPSA) is 44.1 Å². The van der Waals surface area contributed by atoms with Crippen LogP contribution in [0.5, 0.6) is 0 Å². The minimum absolute atomic E-state index is 0.0210.